The number of Topliss-reactive ketones (excluding diaryl/α,β-unsaturated/α-hetero) is 1. The average Bonchev–Trinajstić information content (AvgIpc) is 2.63. The summed E-state index contributed by atoms with van der Waals surface area (Å²) < 4.78 is 6.50. The molecule has 0 fully saturated rings. The topological polar surface area (TPSA) is 55.4 Å². The molecular weight excluding hydrogens is 430 g/mol. The zero-order valence-electron chi connectivity index (χ0n) is 17.7. The molecule has 0 bridgehead atoms. The molecule has 0 saturated carbocycles. The van der Waals surface area contributed by atoms with Gasteiger partial charge in [-0.15, -0.1) is 0 Å². The molecule has 1 aliphatic carbocycles. The lowest BCUT2D eigenvalue weighted by Gasteiger charge is -2.39. The van der Waals surface area contributed by atoms with Gasteiger partial charge in [-0.05, 0) is 36.8 Å². The van der Waals surface area contributed by atoms with E-state index in [4.69, 9.17) is 4.74 Å². The number of allylic oxidation sites excluding steroid dienone is 3. The molecular formula is C24H30BrNO3. The maximum atomic E-state index is 13.2. The number of esters is 1. The van der Waals surface area contributed by atoms with Gasteiger partial charge in [0.05, 0.1) is 12.2 Å². The zero-order valence-corrected chi connectivity index (χ0v) is 19.3. The van der Waals surface area contributed by atoms with Crippen molar-refractivity contribution >= 4 is 27.7 Å². The van der Waals surface area contributed by atoms with E-state index in [-0.39, 0.29) is 17.2 Å². The van der Waals surface area contributed by atoms with Crippen LogP contribution in [0.5, 0.6) is 0 Å². The van der Waals surface area contributed by atoms with Crippen LogP contribution in [-0.4, -0.2) is 18.4 Å². The van der Waals surface area contributed by atoms with Crippen LogP contribution in [0.25, 0.3) is 0 Å². The third-order valence-corrected chi connectivity index (χ3v) is 6.38. The van der Waals surface area contributed by atoms with Crippen molar-refractivity contribution in [2.45, 2.75) is 65.7 Å². The van der Waals surface area contributed by atoms with Crippen LogP contribution in [0.1, 0.15) is 71.3 Å². The van der Waals surface area contributed by atoms with Gasteiger partial charge in [0.2, 0.25) is 0 Å². The number of hydrogen-bond donors (Lipinski definition) is 1. The fraction of sp³-hybridized carbons (Fsp3) is 0.500. The molecule has 1 aromatic rings. The first-order valence-corrected chi connectivity index (χ1v) is 11.2. The van der Waals surface area contributed by atoms with Crippen LogP contribution in [0.2, 0.25) is 0 Å². The summed E-state index contributed by atoms with van der Waals surface area (Å²) in [5.41, 5.74) is 3.79. The number of dihydropyridines is 1. The molecule has 1 aliphatic heterocycles. The minimum atomic E-state index is -0.413. The first-order chi connectivity index (χ1) is 13.7. The van der Waals surface area contributed by atoms with Gasteiger partial charge >= 0.3 is 5.97 Å². The lowest BCUT2D eigenvalue weighted by Crippen LogP contribution is -2.38. The Kier molecular flexibility index (Phi) is 6.67. The zero-order chi connectivity index (χ0) is 21.2. The van der Waals surface area contributed by atoms with Crippen molar-refractivity contribution < 1.29 is 14.3 Å². The van der Waals surface area contributed by atoms with E-state index in [9.17, 15) is 9.59 Å². The highest BCUT2D eigenvalue weighted by Crippen LogP contribution is 2.48. The SMILES string of the molecule is CCCCCOC(=O)C1=C(C)NC2=C(C(=O)CC(C)(C)C2)[C@@H]1c1ccccc1Br. The Morgan fingerprint density at radius 1 is 1.24 bits per heavy atom. The van der Waals surface area contributed by atoms with Crippen LogP contribution in [0.15, 0.2) is 51.3 Å². The Labute approximate surface area is 181 Å². The Balaban J connectivity index is 2.05. The molecule has 3 rings (SSSR count). The van der Waals surface area contributed by atoms with Gasteiger partial charge in [0.25, 0.3) is 0 Å². The molecule has 1 N–H and O–H groups in total. The summed E-state index contributed by atoms with van der Waals surface area (Å²) in [5, 5.41) is 3.38. The Morgan fingerprint density at radius 2 is 1.97 bits per heavy atom. The largest absolute Gasteiger partial charge is 0.462 e. The van der Waals surface area contributed by atoms with Gasteiger partial charge in [-0.2, -0.15) is 0 Å². The fourth-order valence-electron chi connectivity index (χ4n) is 4.32. The van der Waals surface area contributed by atoms with E-state index in [2.05, 4.69) is 42.0 Å². The van der Waals surface area contributed by atoms with Crippen molar-refractivity contribution in [3.05, 3.63) is 56.8 Å². The van der Waals surface area contributed by atoms with Crippen molar-refractivity contribution in [1.29, 1.82) is 0 Å². The van der Waals surface area contributed by atoms with Crippen LogP contribution in [-0.2, 0) is 14.3 Å². The fourth-order valence-corrected chi connectivity index (χ4v) is 4.84. The normalized spacial score (nSPS) is 21.0. The summed E-state index contributed by atoms with van der Waals surface area (Å²) in [6.45, 7) is 8.65. The molecule has 0 aromatic heterocycles. The number of halogens is 1. The molecule has 1 heterocycles. The summed E-state index contributed by atoms with van der Waals surface area (Å²) in [7, 11) is 0. The first-order valence-electron chi connectivity index (χ1n) is 10.4. The second kappa shape index (κ2) is 8.86. The maximum absolute atomic E-state index is 13.2. The van der Waals surface area contributed by atoms with E-state index in [1.165, 1.54) is 0 Å². The lowest BCUT2D eigenvalue weighted by molar-refractivity contribution is -0.139. The Hall–Kier alpha value is -1.88. The summed E-state index contributed by atoms with van der Waals surface area (Å²) in [6.07, 6.45) is 4.21. The number of carbonyl (C=O) groups is 2. The van der Waals surface area contributed by atoms with E-state index in [1.54, 1.807) is 0 Å². The van der Waals surface area contributed by atoms with Gasteiger partial charge in [-0.3, -0.25) is 4.79 Å². The molecule has 1 atom stereocenters. The quantitative estimate of drug-likeness (QED) is 0.432. The summed E-state index contributed by atoms with van der Waals surface area (Å²) >= 11 is 3.63. The van der Waals surface area contributed by atoms with Gasteiger partial charge in [0.15, 0.2) is 5.78 Å². The lowest BCUT2D eigenvalue weighted by atomic mass is 9.68. The minimum absolute atomic E-state index is 0.0974. The Bertz CT molecular complexity index is 882. The monoisotopic (exact) mass is 459 g/mol. The highest BCUT2D eigenvalue weighted by molar-refractivity contribution is 9.10. The summed E-state index contributed by atoms with van der Waals surface area (Å²) in [4.78, 5) is 26.3. The molecule has 0 amide bonds. The number of unbranched alkanes of at least 4 members (excludes halogenated alkanes) is 2. The van der Waals surface area contributed by atoms with Gasteiger partial charge in [0.1, 0.15) is 0 Å². The first kappa shape index (κ1) is 21.8. The molecule has 156 valence electrons. The molecule has 1 aromatic carbocycles. The number of ether oxygens (including phenoxy) is 1. The van der Waals surface area contributed by atoms with Gasteiger partial charge in [0, 0.05) is 33.8 Å². The minimum Gasteiger partial charge on any atom is -0.462 e. The molecule has 4 nitrogen and oxygen atoms in total. The predicted molar refractivity (Wildman–Crippen MR) is 118 cm³/mol. The molecule has 0 radical (unpaired) electrons. The third-order valence-electron chi connectivity index (χ3n) is 5.66. The molecule has 0 spiro atoms. The molecule has 0 unspecified atom stereocenters. The smallest absolute Gasteiger partial charge is 0.336 e. The van der Waals surface area contributed by atoms with Gasteiger partial charge < -0.3 is 10.1 Å². The van der Waals surface area contributed by atoms with Gasteiger partial charge in [-0.1, -0.05) is 67.7 Å². The molecule has 0 saturated heterocycles. The van der Waals surface area contributed by atoms with E-state index < -0.39 is 5.92 Å². The number of ketones is 1. The number of hydrogen-bond acceptors (Lipinski definition) is 4. The van der Waals surface area contributed by atoms with Crippen molar-refractivity contribution in [1.82, 2.24) is 5.32 Å². The highest BCUT2D eigenvalue weighted by atomic mass is 79.9. The van der Waals surface area contributed by atoms with Crippen molar-refractivity contribution in [2.75, 3.05) is 6.61 Å². The summed E-state index contributed by atoms with van der Waals surface area (Å²) in [5.74, 6) is -0.645. The highest BCUT2D eigenvalue weighted by Gasteiger charge is 2.43. The molecule has 29 heavy (non-hydrogen) atoms. The maximum Gasteiger partial charge on any atom is 0.336 e. The number of benzene rings is 1. The third kappa shape index (κ3) is 4.66. The van der Waals surface area contributed by atoms with E-state index in [0.717, 1.165) is 47.1 Å². The van der Waals surface area contributed by atoms with E-state index >= 15 is 0 Å². The van der Waals surface area contributed by atoms with Crippen molar-refractivity contribution in [2.24, 2.45) is 5.41 Å². The number of nitrogens with one attached hydrogen (secondary N) is 1. The standard InChI is InChI=1S/C24H30BrNO3/c1-5-6-9-12-29-23(28)20-15(2)26-18-13-24(3,4)14-19(27)22(18)21(20)16-10-7-8-11-17(16)25/h7-8,10-11,21,26H,5-6,9,12-14H2,1-4H3/t21-/m1/s1. The van der Waals surface area contributed by atoms with Crippen LogP contribution < -0.4 is 5.32 Å². The average molecular weight is 460 g/mol. The van der Waals surface area contributed by atoms with Crippen LogP contribution in [0.3, 0.4) is 0 Å². The van der Waals surface area contributed by atoms with Crippen LogP contribution in [0.4, 0.5) is 0 Å². The second-order valence-corrected chi connectivity index (χ2v) is 9.65. The number of carbonyl (C=O) groups excluding carboxylic acids is 2. The molecule has 2 aliphatic rings. The predicted octanol–water partition coefficient (Wildman–Crippen LogP) is 5.79. The van der Waals surface area contributed by atoms with E-state index in [1.807, 2.05) is 31.2 Å². The summed E-state index contributed by atoms with van der Waals surface area (Å²) in [6, 6.07) is 7.82. The second-order valence-electron chi connectivity index (χ2n) is 8.79. The number of rotatable bonds is 6. The van der Waals surface area contributed by atoms with Crippen molar-refractivity contribution in [3.63, 3.8) is 0 Å². The van der Waals surface area contributed by atoms with Crippen LogP contribution >= 0.6 is 15.9 Å². The van der Waals surface area contributed by atoms with Crippen molar-refractivity contribution in [3.8, 4) is 0 Å². The van der Waals surface area contributed by atoms with Crippen LogP contribution in [0, 0.1) is 5.41 Å². The molecule has 5 heteroatoms. The van der Waals surface area contributed by atoms with E-state index in [0.29, 0.717) is 24.2 Å². The van der Waals surface area contributed by atoms with Gasteiger partial charge in [-0.25, -0.2) is 4.79 Å². The Morgan fingerprint density at radius 3 is 2.66 bits per heavy atom.